The summed E-state index contributed by atoms with van der Waals surface area (Å²) in [4.78, 5) is 9.92. The Bertz CT molecular complexity index is 829. The molecule has 0 aliphatic carbocycles. The van der Waals surface area contributed by atoms with Crippen LogP contribution in [0.2, 0.25) is 0 Å². The highest BCUT2D eigenvalue weighted by Gasteiger charge is 2.24. The highest BCUT2D eigenvalue weighted by molar-refractivity contribution is 7.99. The molecule has 2 nitrogen and oxygen atoms in total. The molecule has 0 N–H and O–H groups in total. The van der Waals surface area contributed by atoms with Gasteiger partial charge < -0.3 is 4.90 Å². The van der Waals surface area contributed by atoms with Crippen molar-refractivity contribution >= 4 is 34.2 Å². The van der Waals surface area contributed by atoms with Crippen LogP contribution in [0, 0.1) is 0 Å². The number of nitrogens with zero attached hydrogens (tertiary/aromatic N) is 2. The van der Waals surface area contributed by atoms with Crippen LogP contribution in [0.1, 0.15) is 19.8 Å². The van der Waals surface area contributed by atoms with Crippen molar-refractivity contribution in [2.24, 2.45) is 0 Å². The van der Waals surface area contributed by atoms with Gasteiger partial charge in [-0.15, -0.1) is 0 Å². The standard InChI is InChI=1S/C19H18N2S/c1-2-3-12-21-16-10-6-7-11-17(16)22-18-13-14-8-4-5-9-15(14)20-19(18)21/h4-11,13H,2-3,12H2,1H3. The van der Waals surface area contributed by atoms with Gasteiger partial charge in [0.2, 0.25) is 0 Å². The van der Waals surface area contributed by atoms with Crippen molar-refractivity contribution in [3.63, 3.8) is 0 Å². The monoisotopic (exact) mass is 306 g/mol. The van der Waals surface area contributed by atoms with Gasteiger partial charge >= 0.3 is 0 Å². The van der Waals surface area contributed by atoms with Crippen LogP contribution in [-0.4, -0.2) is 11.5 Å². The zero-order chi connectivity index (χ0) is 14.9. The Morgan fingerprint density at radius 3 is 2.73 bits per heavy atom. The Balaban J connectivity index is 1.89. The molecule has 0 bridgehead atoms. The van der Waals surface area contributed by atoms with Gasteiger partial charge in [-0.2, -0.15) is 0 Å². The van der Waals surface area contributed by atoms with E-state index in [1.165, 1.54) is 33.7 Å². The average Bonchev–Trinajstić information content (AvgIpc) is 2.57. The minimum Gasteiger partial charge on any atom is -0.324 e. The van der Waals surface area contributed by atoms with Gasteiger partial charge in [-0.25, -0.2) is 4.98 Å². The molecule has 3 aromatic rings. The third kappa shape index (κ3) is 2.26. The Morgan fingerprint density at radius 1 is 1.00 bits per heavy atom. The number of para-hydroxylation sites is 2. The van der Waals surface area contributed by atoms with E-state index in [9.17, 15) is 0 Å². The molecule has 0 radical (unpaired) electrons. The number of hydrogen-bond donors (Lipinski definition) is 0. The predicted molar refractivity (Wildman–Crippen MR) is 94.2 cm³/mol. The molecule has 1 aliphatic heterocycles. The second-order valence-electron chi connectivity index (χ2n) is 5.58. The lowest BCUT2D eigenvalue weighted by molar-refractivity contribution is 0.770. The molecule has 4 rings (SSSR count). The molecule has 1 aliphatic rings. The zero-order valence-electron chi connectivity index (χ0n) is 12.6. The summed E-state index contributed by atoms with van der Waals surface area (Å²) in [5, 5.41) is 1.21. The molecule has 0 unspecified atom stereocenters. The number of hydrogen-bond acceptors (Lipinski definition) is 3. The number of anilines is 2. The van der Waals surface area contributed by atoms with E-state index in [1.54, 1.807) is 0 Å². The van der Waals surface area contributed by atoms with Crippen molar-refractivity contribution in [3.8, 4) is 0 Å². The fourth-order valence-corrected chi connectivity index (χ4v) is 4.00. The summed E-state index contributed by atoms with van der Waals surface area (Å²) in [7, 11) is 0. The SMILES string of the molecule is CCCCN1c2ccccc2Sc2cc3ccccc3nc21. The summed E-state index contributed by atoms with van der Waals surface area (Å²) in [6.45, 7) is 3.26. The number of fused-ring (bicyclic) bond motifs is 3. The lowest BCUT2D eigenvalue weighted by Gasteiger charge is -2.31. The van der Waals surface area contributed by atoms with Crippen LogP contribution in [-0.2, 0) is 0 Å². The van der Waals surface area contributed by atoms with E-state index in [0.29, 0.717) is 0 Å². The van der Waals surface area contributed by atoms with Crippen LogP contribution in [0.4, 0.5) is 11.5 Å². The topological polar surface area (TPSA) is 16.1 Å². The van der Waals surface area contributed by atoms with E-state index >= 15 is 0 Å². The van der Waals surface area contributed by atoms with Gasteiger partial charge in [0.15, 0.2) is 0 Å². The fraction of sp³-hybridized carbons (Fsp3) is 0.211. The smallest absolute Gasteiger partial charge is 0.147 e. The Kier molecular flexibility index (Phi) is 3.51. The van der Waals surface area contributed by atoms with Gasteiger partial charge in [0.05, 0.1) is 16.1 Å². The maximum atomic E-state index is 4.95. The second-order valence-corrected chi connectivity index (χ2v) is 6.66. The van der Waals surface area contributed by atoms with E-state index in [-0.39, 0.29) is 0 Å². The Morgan fingerprint density at radius 2 is 1.82 bits per heavy atom. The third-order valence-corrected chi connectivity index (χ3v) is 5.12. The Hall–Kier alpha value is -2.00. The van der Waals surface area contributed by atoms with Crippen molar-refractivity contribution in [1.29, 1.82) is 0 Å². The van der Waals surface area contributed by atoms with Crippen LogP contribution in [0.25, 0.3) is 10.9 Å². The molecule has 0 saturated heterocycles. The van der Waals surface area contributed by atoms with Gasteiger partial charge in [0.1, 0.15) is 5.82 Å². The summed E-state index contributed by atoms with van der Waals surface area (Å²) in [5.74, 6) is 1.11. The van der Waals surface area contributed by atoms with Gasteiger partial charge in [-0.05, 0) is 30.7 Å². The molecule has 0 saturated carbocycles. The lowest BCUT2D eigenvalue weighted by Crippen LogP contribution is -2.23. The molecular weight excluding hydrogens is 288 g/mol. The lowest BCUT2D eigenvalue weighted by atomic mass is 10.2. The van der Waals surface area contributed by atoms with Gasteiger partial charge in [0, 0.05) is 16.8 Å². The van der Waals surface area contributed by atoms with Crippen molar-refractivity contribution in [2.45, 2.75) is 29.6 Å². The first kappa shape index (κ1) is 13.6. The van der Waals surface area contributed by atoms with Crippen LogP contribution in [0.5, 0.6) is 0 Å². The molecule has 3 heteroatoms. The van der Waals surface area contributed by atoms with E-state index in [4.69, 9.17) is 4.98 Å². The highest BCUT2D eigenvalue weighted by atomic mass is 32.2. The Labute approximate surface area is 135 Å². The van der Waals surface area contributed by atoms with Crippen LogP contribution < -0.4 is 4.90 Å². The molecule has 2 aromatic carbocycles. The molecular formula is C19H18N2S. The van der Waals surface area contributed by atoms with E-state index < -0.39 is 0 Å². The third-order valence-electron chi connectivity index (χ3n) is 4.04. The molecule has 22 heavy (non-hydrogen) atoms. The molecule has 0 fully saturated rings. The zero-order valence-corrected chi connectivity index (χ0v) is 13.4. The summed E-state index contributed by atoms with van der Waals surface area (Å²) >= 11 is 1.83. The van der Waals surface area contributed by atoms with Crippen molar-refractivity contribution in [1.82, 2.24) is 4.98 Å². The molecule has 110 valence electrons. The minimum atomic E-state index is 1.02. The number of pyridine rings is 1. The first-order valence-electron chi connectivity index (χ1n) is 7.81. The normalized spacial score (nSPS) is 13.0. The summed E-state index contributed by atoms with van der Waals surface area (Å²) in [6, 6.07) is 19.3. The largest absolute Gasteiger partial charge is 0.324 e. The van der Waals surface area contributed by atoms with Crippen LogP contribution in [0.3, 0.4) is 0 Å². The maximum absolute atomic E-state index is 4.95. The number of aromatic nitrogens is 1. The van der Waals surface area contributed by atoms with Crippen LogP contribution >= 0.6 is 11.8 Å². The quantitative estimate of drug-likeness (QED) is 0.623. The van der Waals surface area contributed by atoms with Crippen molar-refractivity contribution in [2.75, 3.05) is 11.4 Å². The molecule has 2 heterocycles. The fourth-order valence-electron chi connectivity index (χ4n) is 2.90. The number of unbranched alkanes of at least 4 members (excludes halogenated alkanes) is 1. The summed E-state index contributed by atoms with van der Waals surface area (Å²) in [6.07, 6.45) is 2.36. The summed E-state index contributed by atoms with van der Waals surface area (Å²) in [5.41, 5.74) is 2.36. The first-order valence-corrected chi connectivity index (χ1v) is 8.62. The van der Waals surface area contributed by atoms with E-state index in [0.717, 1.165) is 17.9 Å². The van der Waals surface area contributed by atoms with Crippen molar-refractivity contribution < 1.29 is 0 Å². The molecule has 1 aromatic heterocycles. The average molecular weight is 306 g/mol. The van der Waals surface area contributed by atoms with Gasteiger partial charge in [-0.3, -0.25) is 0 Å². The molecule has 0 atom stereocenters. The molecule has 0 spiro atoms. The maximum Gasteiger partial charge on any atom is 0.147 e. The highest BCUT2D eigenvalue weighted by Crippen LogP contribution is 2.47. The number of rotatable bonds is 3. The van der Waals surface area contributed by atoms with Gasteiger partial charge in [0.25, 0.3) is 0 Å². The predicted octanol–water partition coefficient (Wildman–Crippen LogP) is 5.64. The van der Waals surface area contributed by atoms with Crippen LogP contribution in [0.15, 0.2) is 64.4 Å². The first-order chi connectivity index (χ1) is 10.9. The van der Waals surface area contributed by atoms with Crippen molar-refractivity contribution in [3.05, 3.63) is 54.6 Å². The van der Waals surface area contributed by atoms with E-state index in [2.05, 4.69) is 66.4 Å². The number of benzene rings is 2. The van der Waals surface area contributed by atoms with Gasteiger partial charge in [-0.1, -0.05) is 55.4 Å². The van der Waals surface area contributed by atoms with E-state index in [1.807, 2.05) is 11.8 Å². The summed E-state index contributed by atoms with van der Waals surface area (Å²) < 4.78 is 0. The second kappa shape index (κ2) is 5.65. The molecule has 0 amide bonds. The minimum absolute atomic E-state index is 1.02.